The molecule has 0 radical (unpaired) electrons. The highest BCUT2D eigenvalue weighted by atomic mass is 16.5. The second kappa shape index (κ2) is 8.15. The lowest BCUT2D eigenvalue weighted by Crippen LogP contribution is -2.29. The molecule has 4 heteroatoms. The molecule has 1 saturated carbocycles. The molecule has 1 fully saturated rings. The molecule has 0 spiro atoms. The summed E-state index contributed by atoms with van der Waals surface area (Å²) in [7, 11) is 0. The summed E-state index contributed by atoms with van der Waals surface area (Å²) in [6.45, 7) is 3.02. The molecule has 3 N–H and O–H groups in total. The summed E-state index contributed by atoms with van der Waals surface area (Å²) in [4.78, 5) is 12.1. The van der Waals surface area contributed by atoms with Gasteiger partial charge in [-0.1, -0.05) is 31.4 Å². The van der Waals surface area contributed by atoms with Gasteiger partial charge in [0.15, 0.2) is 0 Å². The van der Waals surface area contributed by atoms with Gasteiger partial charge in [0.1, 0.15) is 6.10 Å². The lowest BCUT2D eigenvalue weighted by atomic mass is 9.90. The molecule has 1 aromatic carbocycles. The number of nitrogens with one attached hydrogen (secondary N) is 1. The molecule has 0 aromatic heterocycles. The highest BCUT2D eigenvalue weighted by Crippen LogP contribution is 2.24. The van der Waals surface area contributed by atoms with Crippen LogP contribution in [0.25, 0.3) is 0 Å². The van der Waals surface area contributed by atoms with E-state index in [0.29, 0.717) is 19.1 Å². The average molecular weight is 290 g/mol. The molecular formula is C17H26N2O2. The maximum absolute atomic E-state index is 12.1. The van der Waals surface area contributed by atoms with E-state index in [-0.39, 0.29) is 5.91 Å². The standard InChI is InChI=1S/C17H26N2O2/c1-13(21-12-15-5-3-2-4-6-15)17(20)19-16-9-7-14(11-18)8-10-16/h7-10,13,15H,2-6,11-12,18H2,1H3,(H,19,20). The predicted octanol–water partition coefficient (Wildman–Crippen LogP) is 3.07. The van der Waals surface area contributed by atoms with Crippen molar-refractivity contribution in [3.05, 3.63) is 29.8 Å². The van der Waals surface area contributed by atoms with Crippen LogP contribution in [-0.2, 0) is 16.1 Å². The first-order valence-electron chi connectivity index (χ1n) is 7.90. The first-order valence-corrected chi connectivity index (χ1v) is 7.90. The molecular weight excluding hydrogens is 264 g/mol. The molecule has 2 rings (SSSR count). The molecule has 0 bridgehead atoms. The fraction of sp³-hybridized carbons (Fsp3) is 0.588. The fourth-order valence-electron chi connectivity index (χ4n) is 2.68. The smallest absolute Gasteiger partial charge is 0.253 e. The Morgan fingerprint density at radius 3 is 2.57 bits per heavy atom. The lowest BCUT2D eigenvalue weighted by Gasteiger charge is -2.23. The lowest BCUT2D eigenvalue weighted by molar-refractivity contribution is -0.127. The van der Waals surface area contributed by atoms with Crippen LogP contribution in [0.1, 0.15) is 44.6 Å². The number of nitrogens with two attached hydrogens (primary N) is 1. The number of amides is 1. The van der Waals surface area contributed by atoms with Crippen molar-refractivity contribution < 1.29 is 9.53 Å². The molecule has 1 aliphatic carbocycles. The van der Waals surface area contributed by atoms with Crippen LogP contribution in [0.5, 0.6) is 0 Å². The first-order chi connectivity index (χ1) is 10.2. The highest BCUT2D eigenvalue weighted by molar-refractivity contribution is 5.93. The Bertz CT molecular complexity index is 439. The summed E-state index contributed by atoms with van der Waals surface area (Å²) in [5.41, 5.74) is 7.39. The van der Waals surface area contributed by atoms with Crippen LogP contribution in [0.2, 0.25) is 0 Å². The Morgan fingerprint density at radius 1 is 1.29 bits per heavy atom. The monoisotopic (exact) mass is 290 g/mol. The minimum absolute atomic E-state index is 0.0914. The van der Waals surface area contributed by atoms with Crippen molar-refractivity contribution in [2.45, 2.75) is 51.7 Å². The van der Waals surface area contributed by atoms with Gasteiger partial charge in [-0.15, -0.1) is 0 Å². The number of anilines is 1. The van der Waals surface area contributed by atoms with E-state index in [9.17, 15) is 4.79 Å². The maximum Gasteiger partial charge on any atom is 0.253 e. The minimum atomic E-state index is -0.416. The molecule has 1 aliphatic rings. The zero-order valence-corrected chi connectivity index (χ0v) is 12.8. The fourth-order valence-corrected chi connectivity index (χ4v) is 2.68. The van der Waals surface area contributed by atoms with Crippen molar-refractivity contribution in [3.63, 3.8) is 0 Å². The van der Waals surface area contributed by atoms with Gasteiger partial charge in [0.25, 0.3) is 5.91 Å². The Hall–Kier alpha value is -1.39. The van der Waals surface area contributed by atoms with Crippen molar-refractivity contribution >= 4 is 11.6 Å². The number of benzene rings is 1. The topological polar surface area (TPSA) is 64.3 Å². The molecule has 4 nitrogen and oxygen atoms in total. The number of carbonyl (C=O) groups excluding carboxylic acids is 1. The van der Waals surface area contributed by atoms with E-state index in [1.165, 1.54) is 32.1 Å². The van der Waals surface area contributed by atoms with Crippen LogP contribution in [0.15, 0.2) is 24.3 Å². The van der Waals surface area contributed by atoms with Crippen molar-refractivity contribution in [1.29, 1.82) is 0 Å². The Kier molecular flexibility index (Phi) is 6.21. The summed E-state index contributed by atoms with van der Waals surface area (Å²) in [6.07, 6.45) is 5.97. The van der Waals surface area contributed by atoms with Gasteiger partial charge in [-0.25, -0.2) is 0 Å². The molecule has 0 aliphatic heterocycles. The molecule has 21 heavy (non-hydrogen) atoms. The summed E-state index contributed by atoms with van der Waals surface area (Å²) in [5, 5.41) is 2.88. The quantitative estimate of drug-likeness (QED) is 0.846. The van der Waals surface area contributed by atoms with Crippen molar-refractivity contribution in [2.24, 2.45) is 11.7 Å². The summed E-state index contributed by atoms with van der Waals surface area (Å²) < 4.78 is 5.73. The van der Waals surface area contributed by atoms with Gasteiger partial charge < -0.3 is 15.8 Å². The third-order valence-electron chi connectivity index (χ3n) is 4.13. The number of carbonyl (C=O) groups is 1. The Balaban J connectivity index is 1.75. The van der Waals surface area contributed by atoms with E-state index in [4.69, 9.17) is 10.5 Å². The van der Waals surface area contributed by atoms with Crippen LogP contribution in [-0.4, -0.2) is 18.6 Å². The summed E-state index contributed by atoms with van der Waals surface area (Å²) >= 11 is 0. The van der Waals surface area contributed by atoms with E-state index in [1.54, 1.807) is 0 Å². The van der Waals surface area contributed by atoms with Gasteiger partial charge in [0, 0.05) is 12.2 Å². The van der Waals surface area contributed by atoms with Crippen LogP contribution in [0.4, 0.5) is 5.69 Å². The van der Waals surface area contributed by atoms with Crippen molar-refractivity contribution in [3.8, 4) is 0 Å². The highest BCUT2D eigenvalue weighted by Gasteiger charge is 2.18. The van der Waals surface area contributed by atoms with Crippen LogP contribution in [0, 0.1) is 5.92 Å². The number of rotatable bonds is 6. The average Bonchev–Trinajstić information content (AvgIpc) is 2.54. The van der Waals surface area contributed by atoms with Gasteiger partial charge in [0.05, 0.1) is 6.61 Å². The normalized spacial score (nSPS) is 17.4. The first kappa shape index (κ1) is 16.0. The summed E-state index contributed by atoms with van der Waals surface area (Å²) in [5.74, 6) is 0.532. The molecule has 0 heterocycles. The molecule has 1 atom stereocenters. The third kappa shape index (κ3) is 5.14. The van der Waals surface area contributed by atoms with Crippen LogP contribution in [0.3, 0.4) is 0 Å². The van der Waals surface area contributed by atoms with Crippen molar-refractivity contribution in [1.82, 2.24) is 0 Å². The number of ether oxygens (including phenoxy) is 1. The Morgan fingerprint density at radius 2 is 1.95 bits per heavy atom. The van der Waals surface area contributed by atoms with Gasteiger partial charge in [-0.2, -0.15) is 0 Å². The van der Waals surface area contributed by atoms with E-state index in [1.807, 2.05) is 31.2 Å². The maximum atomic E-state index is 12.1. The minimum Gasteiger partial charge on any atom is -0.368 e. The van der Waals surface area contributed by atoms with Crippen LogP contribution >= 0.6 is 0 Å². The molecule has 1 aromatic rings. The molecule has 1 amide bonds. The van der Waals surface area contributed by atoms with Gasteiger partial charge in [-0.05, 0) is 43.4 Å². The summed E-state index contributed by atoms with van der Waals surface area (Å²) in [6, 6.07) is 7.58. The molecule has 0 saturated heterocycles. The third-order valence-corrected chi connectivity index (χ3v) is 4.13. The van der Waals surface area contributed by atoms with E-state index < -0.39 is 6.10 Å². The van der Waals surface area contributed by atoms with Gasteiger partial charge in [0.2, 0.25) is 0 Å². The number of hydrogen-bond donors (Lipinski definition) is 2. The second-order valence-electron chi connectivity index (χ2n) is 5.87. The number of hydrogen-bond acceptors (Lipinski definition) is 3. The van der Waals surface area contributed by atoms with E-state index in [2.05, 4.69) is 5.32 Å². The predicted molar refractivity (Wildman–Crippen MR) is 85.0 cm³/mol. The molecule has 1 unspecified atom stereocenters. The largest absolute Gasteiger partial charge is 0.368 e. The Labute approximate surface area is 127 Å². The van der Waals surface area contributed by atoms with E-state index >= 15 is 0 Å². The van der Waals surface area contributed by atoms with Crippen LogP contribution < -0.4 is 11.1 Å². The zero-order valence-electron chi connectivity index (χ0n) is 12.8. The zero-order chi connectivity index (χ0) is 15.1. The van der Waals surface area contributed by atoms with Gasteiger partial charge in [-0.3, -0.25) is 4.79 Å². The second-order valence-corrected chi connectivity index (χ2v) is 5.87. The van der Waals surface area contributed by atoms with Gasteiger partial charge >= 0.3 is 0 Å². The van der Waals surface area contributed by atoms with E-state index in [0.717, 1.165) is 11.3 Å². The molecule has 116 valence electrons. The van der Waals surface area contributed by atoms with Crippen molar-refractivity contribution in [2.75, 3.05) is 11.9 Å². The SMILES string of the molecule is CC(OCC1CCCCC1)C(=O)Nc1ccc(CN)cc1.